The Morgan fingerprint density at radius 3 is 2.79 bits per heavy atom. The molecule has 1 aliphatic heterocycles. The molecule has 1 N–H and O–H groups in total. The number of furan rings is 1. The van der Waals surface area contributed by atoms with Crippen molar-refractivity contribution in [3.63, 3.8) is 0 Å². The monoisotopic (exact) mass is 536 g/mol. The zero-order valence-electron chi connectivity index (χ0n) is 20.0. The molecule has 0 saturated heterocycles. The molecular formula is C30H20N2O4S2. The molecule has 8 heteroatoms. The molecular weight excluding hydrogens is 516 g/mol. The Hall–Kier alpha value is -4.27. The Labute approximate surface area is 224 Å². The van der Waals surface area contributed by atoms with E-state index in [0.717, 1.165) is 29.0 Å². The van der Waals surface area contributed by atoms with Crippen LogP contribution in [-0.2, 0) is 6.42 Å². The highest BCUT2D eigenvalue weighted by atomic mass is 32.1. The Kier molecular flexibility index (Phi) is 5.38. The van der Waals surface area contributed by atoms with Gasteiger partial charge in [0.2, 0.25) is 0 Å². The van der Waals surface area contributed by atoms with Crippen LogP contribution >= 0.6 is 22.7 Å². The number of hydrogen-bond acceptors (Lipinski definition) is 6. The molecule has 6 nitrogen and oxygen atoms in total. The summed E-state index contributed by atoms with van der Waals surface area (Å²) in [6.45, 7) is 0. The van der Waals surface area contributed by atoms with Gasteiger partial charge in [-0.2, -0.15) is 0 Å². The summed E-state index contributed by atoms with van der Waals surface area (Å²) >= 11 is 3.02. The smallest absolute Gasteiger partial charge is 0.335 e. The lowest BCUT2D eigenvalue weighted by molar-refractivity contribution is 0.0697. The first-order valence-corrected chi connectivity index (χ1v) is 13.9. The van der Waals surface area contributed by atoms with Gasteiger partial charge in [0.05, 0.1) is 21.8 Å². The number of aryl methyl sites for hydroxylation is 1. The fraction of sp³-hybridized carbons (Fsp3) is 0.100. The molecule has 186 valence electrons. The number of thiazole rings is 1. The molecule has 1 atom stereocenters. The first kappa shape index (κ1) is 22.9. The average Bonchev–Trinajstić information content (AvgIpc) is 3.70. The number of aromatic carboxylic acids is 1. The van der Waals surface area contributed by atoms with E-state index in [4.69, 9.17) is 9.41 Å². The summed E-state index contributed by atoms with van der Waals surface area (Å²) in [7, 11) is 0. The first-order chi connectivity index (χ1) is 18.6. The number of benzene rings is 2. The number of carbonyl (C=O) groups is 1. The molecule has 0 saturated carbocycles. The number of allylic oxidation sites excluding steroid dienone is 1. The number of carboxylic acid groups (broad SMARTS) is 1. The van der Waals surface area contributed by atoms with Crippen LogP contribution in [0.3, 0.4) is 0 Å². The number of hydrogen-bond donors (Lipinski definition) is 1. The standard InChI is InChI=1S/C30H20N2O4S2/c33-28-25(16-20-11-13-23(36-20)18-6-3-7-19(15-18)29(34)35)38-30-31-26-21-8-2-1-5-17(21)10-12-22(26)27(32(28)30)24-9-4-14-37-24/h1-9,11,13-16,27H,10,12H2,(H,34,35)/b25-16+. The van der Waals surface area contributed by atoms with E-state index < -0.39 is 5.97 Å². The van der Waals surface area contributed by atoms with Gasteiger partial charge < -0.3 is 9.52 Å². The van der Waals surface area contributed by atoms with Gasteiger partial charge in [0.25, 0.3) is 5.56 Å². The van der Waals surface area contributed by atoms with Gasteiger partial charge in [-0.1, -0.05) is 53.8 Å². The predicted octanol–water partition coefficient (Wildman–Crippen LogP) is 5.34. The van der Waals surface area contributed by atoms with Gasteiger partial charge in [-0.15, -0.1) is 11.3 Å². The first-order valence-electron chi connectivity index (χ1n) is 12.2. The average molecular weight is 537 g/mol. The molecule has 1 unspecified atom stereocenters. The molecule has 0 bridgehead atoms. The Morgan fingerprint density at radius 2 is 1.95 bits per heavy atom. The maximum Gasteiger partial charge on any atom is 0.335 e. The topological polar surface area (TPSA) is 84.8 Å². The third-order valence-corrected chi connectivity index (χ3v) is 8.89. The van der Waals surface area contributed by atoms with E-state index in [0.29, 0.717) is 26.4 Å². The molecule has 0 radical (unpaired) electrons. The number of nitrogens with zero attached hydrogens (tertiary/aromatic N) is 2. The highest BCUT2D eigenvalue weighted by Gasteiger charge is 2.33. The highest BCUT2D eigenvalue weighted by Crippen LogP contribution is 2.42. The van der Waals surface area contributed by atoms with Crippen LogP contribution in [-0.4, -0.2) is 15.6 Å². The van der Waals surface area contributed by atoms with Crippen LogP contribution in [0, 0.1) is 0 Å². The van der Waals surface area contributed by atoms with Crippen LogP contribution < -0.4 is 14.9 Å². The number of carboxylic acids is 1. The van der Waals surface area contributed by atoms with Crippen molar-refractivity contribution in [2.75, 3.05) is 0 Å². The summed E-state index contributed by atoms with van der Waals surface area (Å²) in [4.78, 5) is 32.0. The van der Waals surface area contributed by atoms with E-state index >= 15 is 0 Å². The van der Waals surface area contributed by atoms with Crippen molar-refractivity contribution in [2.45, 2.75) is 18.9 Å². The van der Waals surface area contributed by atoms with E-state index in [2.05, 4.69) is 24.3 Å². The Morgan fingerprint density at radius 1 is 1.05 bits per heavy atom. The Balaban J connectivity index is 1.36. The normalized spacial score (nSPS) is 16.5. The molecule has 1 aliphatic carbocycles. The maximum atomic E-state index is 13.8. The van der Waals surface area contributed by atoms with Gasteiger partial charge >= 0.3 is 5.97 Å². The second-order valence-corrected chi connectivity index (χ2v) is 11.2. The van der Waals surface area contributed by atoms with Crippen molar-refractivity contribution in [2.24, 2.45) is 4.99 Å². The highest BCUT2D eigenvalue weighted by molar-refractivity contribution is 7.10. The van der Waals surface area contributed by atoms with Crippen molar-refractivity contribution in [1.82, 2.24) is 4.57 Å². The summed E-state index contributed by atoms with van der Waals surface area (Å²) in [5.74, 6) is 0.0637. The quantitative estimate of drug-likeness (QED) is 0.336. The van der Waals surface area contributed by atoms with Crippen molar-refractivity contribution in [3.05, 3.63) is 131 Å². The molecule has 3 aromatic heterocycles. The van der Waals surface area contributed by atoms with Crippen molar-refractivity contribution in [3.8, 4) is 11.3 Å². The van der Waals surface area contributed by atoms with E-state index in [1.807, 2.05) is 22.1 Å². The minimum atomic E-state index is -0.995. The van der Waals surface area contributed by atoms with E-state index in [1.54, 1.807) is 53.8 Å². The van der Waals surface area contributed by atoms with Crippen LogP contribution in [0.2, 0.25) is 0 Å². The maximum absolute atomic E-state index is 13.8. The number of aromatic nitrogens is 1. The molecule has 38 heavy (non-hydrogen) atoms. The van der Waals surface area contributed by atoms with Crippen molar-refractivity contribution < 1.29 is 14.3 Å². The lowest BCUT2D eigenvalue weighted by atomic mass is 9.85. The predicted molar refractivity (Wildman–Crippen MR) is 148 cm³/mol. The minimum Gasteiger partial charge on any atom is -0.478 e. The van der Waals surface area contributed by atoms with Gasteiger partial charge in [0, 0.05) is 22.1 Å². The van der Waals surface area contributed by atoms with E-state index in [9.17, 15) is 14.7 Å². The second-order valence-electron chi connectivity index (χ2n) is 9.22. The van der Waals surface area contributed by atoms with E-state index in [1.165, 1.54) is 22.5 Å². The number of rotatable bonds is 4. The molecule has 2 aliphatic rings. The summed E-state index contributed by atoms with van der Waals surface area (Å²) in [5, 5.41) is 11.4. The number of fused-ring (bicyclic) bond motifs is 3. The molecule has 0 amide bonds. The molecule has 0 spiro atoms. The fourth-order valence-corrected chi connectivity index (χ4v) is 7.07. The van der Waals surface area contributed by atoms with E-state index in [-0.39, 0.29) is 17.2 Å². The van der Waals surface area contributed by atoms with Crippen LogP contribution in [0.5, 0.6) is 0 Å². The van der Waals surface area contributed by atoms with Crippen LogP contribution in [0.1, 0.15) is 44.6 Å². The minimum absolute atomic E-state index is 0.0941. The summed E-state index contributed by atoms with van der Waals surface area (Å²) in [5.41, 5.74) is 5.35. The molecule has 5 aromatic rings. The van der Waals surface area contributed by atoms with Gasteiger partial charge in [-0.25, -0.2) is 9.79 Å². The van der Waals surface area contributed by atoms with Crippen LogP contribution in [0.25, 0.3) is 23.1 Å². The molecule has 7 rings (SSSR count). The third-order valence-electron chi connectivity index (χ3n) is 6.98. The fourth-order valence-electron chi connectivity index (χ4n) is 5.24. The molecule has 4 heterocycles. The molecule has 0 fully saturated rings. The largest absolute Gasteiger partial charge is 0.478 e. The number of thiophene rings is 1. The zero-order chi connectivity index (χ0) is 25.8. The van der Waals surface area contributed by atoms with Gasteiger partial charge in [0.1, 0.15) is 11.5 Å². The third kappa shape index (κ3) is 3.72. The zero-order valence-corrected chi connectivity index (χ0v) is 21.6. The SMILES string of the molecule is O=C(O)c1cccc(-c2ccc(/C=c3/sc4n(c3=O)C(c3cccs3)C3=C(N=4)c4ccccc4CC3)o2)c1. The summed E-state index contributed by atoms with van der Waals surface area (Å²) < 4.78 is 8.38. The van der Waals surface area contributed by atoms with Crippen molar-refractivity contribution in [1.29, 1.82) is 0 Å². The van der Waals surface area contributed by atoms with Crippen molar-refractivity contribution >= 4 is 40.4 Å². The van der Waals surface area contributed by atoms with Crippen LogP contribution in [0.4, 0.5) is 0 Å². The lowest BCUT2D eigenvalue weighted by Crippen LogP contribution is -2.38. The summed E-state index contributed by atoms with van der Waals surface area (Å²) in [6.07, 6.45) is 3.53. The second kappa shape index (κ2) is 8.93. The van der Waals surface area contributed by atoms with Crippen LogP contribution in [0.15, 0.2) is 98.0 Å². The van der Waals surface area contributed by atoms with Gasteiger partial charge in [0.15, 0.2) is 4.80 Å². The lowest BCUT2D eigenvalue weighted by Gasteiger charge is -2.30. The van der Waals surface area contributed by atoms with Gasteiger partial charge in [-0.05, 0) is 59.7 Å². The molecule has 2 aromatic carbocycles. The Bertz CT molecular complexity index is 1940. The van der Waals surface area contributed by atoms with Gasteiger partial charge in [-0.3, -0.25) is 9.36 Å². The summed E-state index contributed by atoms with van der Waals surface area (Å²) in [6, 6.07) is 22.5.